The molecule has 0 saturated carbocycles. The van der Waals surface area contributed by atoms with E-state index in [4.69, 9.17) is 4.74 Å². The molecule has 1 atom stereocenters. The molecule has 0 fully saturated rings. The van der Waals surface area contributed by atoms with Gasteiger partial charge in [0.1, 0.15) is 5.75 Å². The molecule has 1 heterocycles. The topological polar surface area (TPSA) is 12.5 Å². The van der Waals surface area contributed by atoms with E-state index in [2.05, 4.69) is 15.9 Å². The lowest BCUT2D eigenvalue weighted by Crippen LogP contribution is -2.38. The van der Waals surface area contributed by atoms with Crippen molar-refractivity contribution < 1.29 is 17.9 Å². The van der Waals surface area contributed by atoms with Crippen LogP contribution in [0.25, 0.3) is 0 Å². The van der Waals surface area contributed by atoms with E-state index in [9.17, 15) is 13.2 Å². The van der Waals surface area contributed by atoms with Crippen molar-refractivity contribution in [3.8, 4) is 5.75 Å². The number of hydrogen-bond donors (Lipinski definition) is 0. The summed E-state index contributed by atoms with van der Waals surface area (Å²) < 4.78 is 43.0. The Morgan fingerprint density at radius 2 is 2.05 bits per heavy atom. The monoisotopic (exact) mass is 337 g/mol. The van der Waals surface area contributed by atoms with Gasteiger partial charge in [-0.05, 0) is 6.07 Å². The minimum absolute atomic E-state index is 0.0117. The second kappa shape index (κ2) is 6.13. The van der Waals surface area contributed by atoms with Gasteiger partial charge in [-0.1, -0.05) is 34.1 Å². The summed E-state index contributed by atoms with van der Waals surface area (Å²) >= 11 is 3.20. The zero-order chi connectivity index (χ0) is 13.9. The van der Waals surface area contributed by atoms with Crippen molar-refractivity contribution >= 4 is 15.9 Å². The van der Waals surface area contributed by atoms with E-state index in [-0.39, 0.29) is 5.92 Å². The molecule has 6 heteroatoms. The fraction of sp³-hybridized carbons (Fsp3) is 0.538. The number of benzene rings is 1. The first kappa shape index (κ1) is 14.7. The SMILES string of the molecule is FC(F)(F)CN(CCBr)CC1COc2ccccc21. The molecule has 2 nitrogen and oxygen atoms in total. The summed E-state index contributed by atoms with van der Waals surface area (Å²) in [6, 6.07) is 7.53. The van der Waals surface area contributed by atoms with Gasteiger partial charge in [0.15, 0.2) is 0 Å². The summed E-state index contributed by atoms with van der Waals surface area (Å²) in [5, 5.41) is 0.526. The molecule has 0 aliphatic carbocycles. The zero-order valence-electron chi connectivity index (χ0n) is 10.3. The Kier molecular flexibility index (Phi) is 4.73. The highest BCUT2D eigenvalue weighted by molar-refractivity contribution is 9.09. The van der Waals surface area contributed by atoms with E-state index >= 15 is 0 Å². The molecule has 1 aliphatic rings. The summed E-state index contributed by atoms with van der Waals surface area (Å²) in [6.07, 6.45) is -4.17. The highest BCUT2D eigenvalue weighted by Gasteiger charge is 2.33. The third-order valence-electron chi connectivity index (χ3n) is 3.08. The van der Waals surface area contributed by atoms with Gasteiger partial charge in [0.2, 0.25) is 0 Å². The Bertz CT molecular complexity index is 425. The van der Waals surface area contributed by atoms with Crippen molar-refractivity contribution in [3.05, 3.63) is 29.8 Å². The van der Waals surface area contributed by atoms with Crippen molar-refractivity contribution in [2.24, 2.45) is 0 Å². The standard InChI is InChI=1S/C13H15BrF3NO/c14-5-6-18(9-13(15,16)17)7-10-8-19-12-4-2-1-3-11(10)12/h1-4,10H,5-9H2. The molecule has 1 unspecified atom stereocenters. The van der Waals surface area contributed by atoms with Crippen molar-refractivity contribution in [2.45, 2.75) is 12.1 Å². The minimum atomic E-state index is -4.17. The van der Waals surface area contributed by atoms with Crippen LogP contribution < -0.4 is 4.74 Å². The Morgan fingerprint density at radius 1 is 1.32 bits per heavy atom. The summed E-state index contributed by atoms with van der Waals surface area (Å²) in [4.78, 5) is 1.42. The van der Waals surface area contributed by atoms with Gasteiger partial charge < -0.3 is 4.74 Å². The van der Waals surface area contributed by atoms with Crippen LogP contribution in [0.15, 0.2) is 24.3 Å². The molecular weight excluding hydrogens is 323 g/mol. The van der Waals surface area contributed by atoms with Crippen LogP contribution in [0.2, 0.25) is 0 Å². The first-order valence-corrected chi connectivity index (χ1v) is 7.18. The molecule has 1 aliphatic heterocycles. The Labute approximate surface area is 118 Å². The molecule has 0 bridgehead atoms. The van der Waals surface area contributed by atoms with Gasteiger partial charge in [-0.15, -0.1) is 0 Å². The number of halogens is 4. The average molecular weight is 338 g/mol. The highest BCUT2D eigenvalue weighted by atomic mass is 79.9. The molecule has 0 radical (unpaired) electrons. The molecule has 106 valence electrons. The van der Waals surface area contributed by atoms with Gasteiger partial charge in [-0.2, -0.15) is 13.2 Å². The van der Waals surface area contributed by atoms with Crippen molar-refractivity contribution in [3.63, 3.8) is 0 Å². The van der Waals surface area contributed by atoms with Crippen LogP contribution in [0, 0.1) is 0 Å². The highest BCUT2D eigenvalue weighted by Crippen LogP contribution is 2.34. The molecule has 2 rings (SSSR count). The fourth-order valence-corrected chi connectivity index (χ4v) is 2.80. The largest absolute Gasteiger partial charge is 0.493 e. The third kappa shape index (κ3) is 4.11. The van der Waals surface area contributed by atoms with Gasteiger partial charge in [-0.3, -0.25) is 4.90 Å². The Morgan fingerprint density at radius 3 is 2.74 bits per heavy atom. The maximum absolute atomic E-state index is 12.5. The number of fused-ring (bicyclic) bond motifs is 1. The lowest BCUT2D eigenvalue weighted by molar-refractivity contribution is -0.145. The number of hydrogen-bond acceptors (Lipinski definition) is 2. The average Bonchev–Trinajstić information content (AvgIpc) is 2.71. The first-order chi connectivity index (χ1) is 8.99. The summed E-state index contributed by atoms with van der Waals surface area (Å²) in [6.45, 7) is 0.313. The number of rotatable bonds is 5. The summed E-state index contributed by atoms with van der Waals surface area (Å²) in [5.74, 6) is 0.802. The van der Waals surface area contributed by atoms with Crippen LogP contribution in [0.1, 0.15) is 11.5 Å². The zero-order valence-corrected chi connectivity index (χ0v) is 11.9. The number of nitrogens with zero attached hydrogens (tertiary/aromatic N) is 1. The number of para-hydroxylation sites is 1. The van der Waals surface area contributed by atoms with Crippen molar-refractivity contribution in [1.82, 2.24) is 4.90 Å². The van der Waals surface area contributed by atoms with Gasteiger partial charge in [0.25, 0.3) is 0 Å². The van der Waals surface area contributed by atoms with Crippen molar-refractivity contribution in [1.29, 1.82) is 0 Å². The lowest BCUT2D eigenvalue weighted by atomic mass is 10.0. The van der Waals surface area contributed by atoms with Crippen LogP contribution in [-0.2, 0) is 0 Å². The molecule has 1 aromatic rings. The minimum Gasteiger partial charge on any atom is -0.493 e. The molecule has 0 aromatic heterocycles. The molecule has 0 spiro atoms. The molecular formula is C13H15BrF3NO. The normalized spacial score (nSPS) is 18.5. The Hall–Kier alpha value is -0.750. The predicted molar refractivity (Wildman–Crippen MR) is 71.0 cm³/mol. The summed E-state index contributed by atoms with van der Waals surface area (Å²) in [5.41, 5.74) is 1.00. The van der Waals surface area contributed by atoms with Gasteiger partial charge in [0.05, 0.1) is 13.2 Å². The number of alkyl halides is 4. The first-order valence-electron chi connectivity index (χ1n) is 6.06. The van der Waals surface area contributed by atoms with Crippen molar-refractivity contribution in [2.75, 3.05) is 31.6 Å². The van der Waals surface area contributed by atoms with Gasteiger partial charge in [-0.25, -0.2) is 0 Å². The molecule has 19 heavy (non-hydrogen) atoms. The third-order valence-corrected chi connectivity index (χ3v) is 3.44. The van der Waals surface area contributed by atoms with Gasteiger partial charge in [0, 0.05) is 29.9 Å². The molecule has 0 saturated heterocycles. The molecule has 0 amide bonds. The van der Waals surface area contributed by atoms with Crippen LogP contribution in [0.5, 0.6) is 5.75 Å². The van der Waals surface area contributed by atoms with E-state index in [1.165, 1.54) is 4.90 Å². The van der Waals surface area contributed by atoms with Crippen LogP contribution in [0.3, 0.4) is 0 Å². The smallest absolute Gasteiger partial charge is 0.401 e. The van der Waals surface area contributed by atoms with Crippen LogP contribution >= 0.6 is 15.9 Å². The lowest BCUT2D eigenvalue weighted by Gasteiger charge is -2.25. The second-order valence-corrected chi connectivity index (χ2v) is 5.38. The maximum atomic E-state index is 12.5. The predicted octanol–water partition coefficient (Wildman–Crippen LogP) is 3.42. The van der Waals surface area contributed by atoms with E-state index in [0.717, 1.165) is 11.3 Å². The fourth-order valence-electron chi connectivity index (χ4n) is 2.30. The van der Waals surface area contributed by atoms with Gasteiger partial charge >= 0.3 is 6.18 Å². The van der Waals surface area contributed by atoms with E-state index in [1.54, 1.807) is 0 Å². The van der Waals surface area contributed by atoms with Crippen LogP contribution in [0.4, 0.5) is 13.2 Å². The maximum Gasteiger partial charge on any atom is 0.401 e. The molecule has 0 N–H and O–H groups in total. The van der Waals surface area contributed by atoms with Crippen LogP contribution in [-0.4, -0.2) is 42.6 Å². The van der Waals surface area contributed by atoms with E-state index < -0.39 is 12.7 Å². The number of ether oxygens (including phenoxy) is 1. The van der Waals surface area contributed by atoms with E-state index in [0.29, 0.717) is 25.0 Å². The Balaban J connectivity index is 2.02. The quantitative estimate of drug-likeness (QED) is 0.763. The summed E-state index contributed by atoms with van der Waals surface area (Å²) in [7, 11) is 0. The molecule has 1 aromatic carbocycles. The van der Waals surface area contributed by atoms with E-state index in [1.807, 2.05) is 24.3 Å². The second-order valence-electron chi connectivity index (χ2n) is 4.59.